The lowest BCUT2D eigenvalue weighted by molar-refractivity contribution is -0.162. The first-order valence-corrected chi connectivity index (χ1v) is 6.75. The minimum Gasteiger partial charge on any atom is -0.478 e. The molecule has 6 atom stereocenters. The Kier molecular flexibility index (Phi) is 2.17. The van der Waals surface area contributed by atoms with Gasteiger partial charge in [-0.15, -0.1) is 0 Å². The van der Waals surface area contributed by atoms with Crippen LogP contribution >= 0.6 is 0 Å². The Morgan fingerprint density at radius 3 is 3.00 bits per heavy atom. The molecule has 2 unspecified atom stereocenters. The van der Waals surface area contributed by atoms with Crippen LogP contribution < -0.4 is 0 Å². The number of hydrogen-bond acceptors (Lipinski definition) is 5. The second kappa shape index (κ2) is 3.63. The number of carbonyl (C=O) groups is 2. The molecule has 20 heavy (non-hydrogen) atoms. The molecule has 2 saturated heterocycles. The maximum absolute atomic E-state index is 12.0. The van der Waals surface area contributed by atoms with E-state index in [2.05, 4.69) is 0 Å². The smallest absolute Gasteiger partial charge is 0.335 e. The highest BCUT2D eigenvalue weighted by Crippen LogP contribution is 2.58. The van der Waals surface area contributed by atoms with E-state index in [0.29, 0.717) is 6.42 Å². The van der Waals surface area contributed by atoms with Crippen molar-refractivity contribution in [1.82, 2.24) is 0 Å². The highest BCUT2D eigenvalue weighted by atomic mass is 16.7. The zero-order chi connectivity index (χ0) is 14.1. The van der Waals surface area contributed by atoms with E-state index in [1.54, 1.807) is 12.2 Å². The molecule has 0 aromatic heterocycles. The molecule has 1 N–H and O–H groups in total. The normalized spacial score (nSPS) is 47.4. The molecule has 0 bridgehead atoms. The Morgan fingerprint density at radius 1 is 1.50 bits per heavy atom. The molecule has 0 aromatic rings. The van der Waals surface area contributed by atoms with Gasteiger partial charge in [0.15, 0.2) is 5.60 Å². The number of allylic oxidation sites excluding steroid dienone is 1. The van der Waals surface area contributed by atoms with Crippen molar-refractivity contribution in [3.63, 3.8) is 0 Å². The van der Waals surface area contributed by atoms with Crippen LogP contribution in [0.2, 0.25) is 0 Å². The first-order valence-electron chi connectivity index (χ1n) is 6.75. The molecule has 6 heteroatoms. The van der Waals surface area contributed by atoms with Crippen LogP contribution in [0.5, 0.6) is 0 Å². The lowest BCUT2D eigenvalue weighted by atomic mass is 9.77. The monoisotopic (exact) mass is 278 g/mol. The average Bonchev–Trinajstić information content (AvgIpc) is 3.00. The number of aliphatic carboxylic acids is 1. The van der Waals surface area contributed by atoms with E-state index >= 15 is 0 Å². The number of rotatable bonds is 2. The van der Waals surface area contributed by atoms with Crippen LogP contribution in [0.25, 0.3) is 0 Å². The number of carbonyl (C=O) groups excluding carboxylic acids is 1. The lowest BCUT2D eigenvalue weighted by Crippen LogP contribution is -2.43. The summed E-state index contributed by atoms with van der Waals surface area (Å²) in [5, 5.41) is 9.24. The van der Waals surface area contributed by atoms with Gasteiger partial charge in [0.2, 0.25) is 6.29 Å². The van der Waals surface area contributed by atoms with Gasteiger partial charge in [0.25, 0.3) is 0 Å². The Hall–Kier alpha value is -1.82. The quantitative estimate of drug-likeness (QED) is 0.595. The molecule has 2 fully saturated rings. The van der Waals surface area contributed by atoms with Crippen LogP contribution in [-0.4, -0.2) is 35.0 Å². The zero-order valence-electron chi connectivity index (χ0n) is 10.8. The van der Waals surface area contributed by atoms with Gasteiger partial charge < -0.3 is 19.3 Å². The summed E-state index contributed by atoms with van der Waals surface area (Å²) < 4.78 is 16.9. The fourth-order valence-corrected chi connectivity index (χ4v) is 3.92. The summed E-state index contributed by atoms with van der Waals surface area (Å²) in [4.78, 5) is 23.3. The summed E-state index contributed by atoms with van der Waals surface area (Å²) in [5.74, 6) is -2.24. The number of hydrogen-bond donors (Lipinski definition) is 1. The molecule has 6 nitrogen and oxygen atoms in total. The van der Waals surface area contributed by atoms with Gasteiger partial charge in [0, 0.05) is 5.92 Å². The zero-order valence-corrected chi connectivity index (χ0v) is 10.8. The molecule has 4 rings (SSSR count). The van der Waals surface area contributed by atoms with Gasteiger partial charge in [-0.05, 0) is 12.5 Å². The van der Waals surface area contributed by atoms with Crippen molar-refractivity contribution in [2.45, 2.75) is 31.3 Å². The summed E-state index contributed by atoms with van der Waals surface area (Å²) in [7, 11) is 0. The summed E-state index contributed by atoms with van der Waals surface area (Å²) in [6.07, 6.45) is 4.54. The van der Waals surface area contributed by atoms with Crippen LogP contribution in [-0.2, 0) is 23.8 Å². The minimum absolute atomic E-state index is 0.180. The molecule has 4 aliphatic rings. The van der Waals surface area contributed by atoms with Gasteiger partial charge >= 0.3 is 11.9 Å². The topological polar surface area (TPSA) is 82.1 Å². The van der Waals surface area contributed by atoms with Gasteiger partial charge in [0.1, 0.15) is 6.10 Å². The predicted octanol–water partition coefficient (Wildman–Crippen LogP) is 0.834. The largest absolute Gasteiger partial charge is 0.478 e. The van der Waals surface area contributed by atoms with Gasteiger partial charge in [-0.2, -0.15) is 0 Å². The number of esters is 1. The number of carboxylic acids is 1. The number of carboxylic acid groups (broad SMARTS) is 1. The van der Waals surface area contributed by atoms with Crippen molar-refractivity contribution in [3.05, 3.63) is 24.0 Å². The molecule has 0 amide bonds. The molecular formula is C14H14O6. The van der Waals surface area contributed by atoms with E-state index in [-0.39, 0.29) is 29.3 Å². The van der Waals surface area contributed by atoms with Crippen LogP contribution in [0.4, 0.5) is 0 Å². The van der Waals surface area contributed by atoms with Crippen LogP contribution in [0.15, 0.2) is 24.0 Å². The van der Waals surface area contributed by atoms with E-state index in [1.807, 2.05) is 6.92 Å². The third-order valence-electron chi connectivity index (χ3n) is 4.81. The highest BCUT2D eigenvalue weighted by Gasteiger charge is 2.71. The summed E-state index contributed by atoms with van der Waals surface area (Å²) in [5.41, 5.74) is -0.679. The first kappa shape index (κ1) is 12.0. The van der Waals surface area contributed by atoms with E-state index < -0.39 is 24.0 Å². The summed E-state index contributed by atoms with van der Waals surface area (Å²) >= 11 is 0. The Labute approximate surface area is 115 Å². The van der Waals surface area contributed by atoms with Gasteiger partial charge in [-0.25, -0.2) is 4.79 Å². The first-order chi connectivity index (χ1) is 9.58. The molecule has 0 radical (unpaired) electrons. The Balaban J connectivity index is 1.78. The van der Waals surface area contributed by atoms with Crippen molar-refractivity contribution in [3.8, 4) is 0 Å². The van der Waals surface area contributed by atoms with Crippen molar-refractivity contribution in [2.75, 3.05) is 0 Å². The van der Waals surface area contributed by atoms with E-state index in [9.17, 15) is 14.7 Å². The minimum atomic E-state index is -1.02. The van der Waals surface area contributed by atoms with Crippen LogP contribution in [0, 0.1) is 17.8 Å². The predicted molar refractivity (Wildman–Crippen MR) is 64.2 cm³/mol. The van der Waals surface area contributed by atoms with Gasteiger partial charge in [-0.3, -0.25) is 4.79 Å². The summed E-state index contributed by atoms with van der Waals surface area (Å²) in [6, 6.07) is 0. The standard InChI is InChI=1S/C14H14O6/c1-2-6-10-14(20-12(6)17)4-3-7-8(11(15)16)5-18-13(19-10)9(7)14/h3-7,9-10,13H,2H2,1H3,(H,15,16)/t6?,7-,9-,10?,13-,14+/m1/s1. The lowest BCUT2D eigenvalue weighted by Gasteiger charge is -2.32. The molecule has 1 aliphatic carbocycles. The Bertz CT molecular complexity index is 564. The third kappa shape index (κ3) is 1.18. The van der Waals surface area contributed by atoms with Crippen molar-refractivity contribution in [1.29, 1.82) is 0 Å². The SMILES string of the molecule is CCC1C(=O)O[C@]23C=C[C@@H]4C(C(=O)O)=CO[C@H](OC12)[C@@H]43. The average molecular weight is 278 g/mol. The summed E-state index contributed by atoms with van der Waals surface area (Å²) in [6.45, 7) is 1.91. The van der Waals surface area contributed by atoms with Crippen LogP contribution in [0.3, 0.4) is 0 Å². The third-order valence-corrected chi connectivity index (χ3v) is 4.81. The molecule has 1 spiro atoms. The van der Waals surface area contributed by atoms with Gasteiger partial charge in [0.05, 0.1) is 23.7 Å². The molecule has 0 saturated carbocycles. The second-order valence-corrected chi connectivity index (χ2v) is 5.64. The Morgan fingerprint density at radius 2 is 2.30 bits per heavy atom. The molecule has 3 heterocycles. The fourth-order valence-electron chi connectivity index (χ4n) is 3.92. The molecule has 0 aromatic carbocycles. The van der Waals surface area contributed by atoms with E-state index in [4.69, 9.17) is 14.2 Å². The van der Waals surface area contributed by atoms with Gasteiger partial charge in [-0.1, -0.05) is 13.0 Å². The van der Waals surface area contributed by atoms with Crippen molar-refractivity contribution in [2.24, 2.45) is 17.8 Å². The molecule has 106 valence electrons. The highest BCUT2D eigenvalue weighted by molar-refractivity contribution is 5.88. The van der Waals surface area contributed by atoms with E-state index in [1.165, 1.54) is 6.26 Å². The molecule has 3 aliphatic heterocycles. The van der Waals surface area contributed by atoms with Crippen molar-refractivity contribution >= 4 is 11.9 Å². The fraction of sp³-hybridized carbons (Fsp3) is 0.571. The maximum atomic E-state index is 12.0. The van der Waals surface area contributed by atoms with Crippen molar-refractivity contribution < 1.29 is 28.9 Å². The van der Waals surface area contributed by atoms with E-state index in [0.717, 1.165) is 0 Å². The second-order valence-electron chi connectivity index (χ2n) is 5.64. The maximum Gasteiger partial charge on any atom is 0.335 e. The van der Waals surface area contributed by atoms with Crippen LogP contribution in [0.1, 0.15) is 13.3 Å². The molecular weight excluding hydrogens is 264 g/mol. The number of ether oxygens (including phenoxy) is 3.